The summed E-state index contributed by atoms with van der Waals surface area (Å²) < 4.78 is 0. The first-order chi connectivity index (χ1) is 7.16. The fourth-order valence-electron chi connectivity index (χ4n) is 2.71. The molecule has 0 saturated heterocycles. The summed E-state index contributed by atoms with van der Waals surface area (Å²) in [4.78, 5) is 14.0. The van der Waals surface area contributed by atoms with E-state index in [1.807, 2.05) is 11.9 Å². The Bertz CT molecular complexity index is 243. The molecule has 2 rings (SSSR count). The van der Waals surface area contributed by atoms with E-state index in [9.17, 15) is 4.79 Å². The van der Waals surface area contributed by atoms with Gasteiger partial charge in [0.2, 0.25) is 5.91 Å². The van der Waals surface area contributed by atoms with Crippen LogP contribution >= 0.6 is 12.4 Å². The quantitative estimate of drug-likeness (QED) is 0.826. The molecular formula is C12H23ClN2O. The van der Waals surface area contributed by atoms with Crippen molar-refractivity contribution in [3.05, 3.63) is 0 Å². The van der Waals surface area contributed by atoms with Crippen LogP contribution < -0.4 is 5.73 Å². The van der Waals surface area contributed by atoms with Crippen molar-refractivity contribution in [1.82, 2.24) is 4.90 Å². The van der Waals surface area contributed by atoms with Gasteiger partial charge in [-0.1, -0.05) is 6.42 Å². The lowest BCUT2D eigenvalue weighted by Crippen LogP contribution is -2.37. The molecule has 16 heavy (non-hydrogen) atoms. The number of carbonyl (C=O) groups is 1. The third-order valence-electron chi connectivity index (χ3n) is 3.96. The number of nitrogens with zero attached hydrogens (tertiary/aromatic N) is 1. The summed E-state index contributed by atoms with van der Waals surface area (Å²) in [5, 5.41) is 0. The van der Waals surface area contributed by atoms with Crippen molar-refractivity contribution in [3.63, 3.8) is 0 Å². The molecule has 0 spiro atoms. The maximum atomic E-state index is 12.0. The smallest absolute Gasteiger partial charge is 0.225 e. The lowest BCUT2D eigenvalue weighted by molar-refractivity contribution is -0.134. The van der Waals surface area contributed by atoms with Gasteiger partial charge >= 0.3 is 0 Å². The fraction of sp³-hybridized carbons (Fsp3) is 0.917. The molecule has 2 atom stereocenters. The molecule has 0 aromatic carbocycles. The Balaban J connectivity index is 0.00000128. The Kier molecular flexibility index (Phi) is 5.06. The van der Waals surface area contributed by atoms with Crippen LogP contribution in [-0.2, 0) is 4.79 Å². The molecule has 0 bridgehead atoms. The standard InChI is InChI=1S/C12H22N2O.ClH/c1-14(8-9-3-2-4-9)12(15)10-5-6-11(13)7-10;/h9-11H,2-8,13H2,1H3;1H. The van der Waals surface area contributed by atoms with E-state index < -0.39 is 0 Å². The third kappa shape index (κ3) is 3.11. The van der Waals surface area contributed by atoms with Crippen LogP contribution in [0.1, 0.15) is 38.5 Å². The minimum Gasteiger partial charge on any atom is -0.345 e. The van der Waals surface area contributed by atoms with Crippen LogP contribution in [0.4, 0.5) is 0 Å². The molecule has 0 aromatic rings. The predicted octanol–water partition coefficient (Wildman–Crippen LogP) is 1.79. The molecule has 4 heteroatoms. The van der Waals surface area contributed by atoms with Gasteiger partial charge in [-0.3, -0.25) is 4.79 Å². The molecule has 2 fully saturated rings. The number of nitrogens with two attached hydrogens (primary N) is 1. The fourth-order valence-corrected chi connectivity index (χ4v) is 2.71. The molecule has 2 unspecified atom stereocenters. The summed E-state index contributed by atoms with van der Waals surface area (Å²) in [7, 11) is 1.95. The Morgan fingerprint density at radius 1 is 1.31 bits per heavy atom. The molecule has 3 nitrogen and oxygen atoms in total. The van der Waals surface area contributed by atoms with Gasteiger partial charge in [-0.2, -0.15) is 0 Å². The first kappa shape index (κ1) is 13.8. The number of rotatable bonds is 3. The van der Waals surface area contributed by atoms with Gasteiger partial charge < -0.3 is 10.6 Å². The zero-order chi connectivity index (χ0) is 10.8. The van der Waals surface area contributed by atoms with Crippen molar-refractivity contribution in [2.45, 2.75) is 44.6 Å². The van der Waals surface area contributed by atoms with E-state index in [-0.39, 0.29) is 24.4 Å². The summed E-state index contributed by atoms with van der Waals surface area (Å²) >= 11 is 0. The summed E-state index contributed by atoms with van der Waals surface area (Å²) in [6.07, 6.45) is 6.88. The second kappa shape index (κ2) is 5.87. The second-order valence-corrected chi connectivity index (χ2v) is 5.29. The summed E-state index contributed by atoms with van der Waals surface area (Å²) in [5.74, 6) is 1.31. The molecule has 94 valence electrons. The Labute approximate surface area is 104 Å². The van der Waals surface area contributed by atoms with Crippen LogP contribution in [0.5, 0.6) is 0 Å². The minimum absolute atomic E-state index is 0. The van der Waals surface area contributed by atoms with Crippen molar-refractivity contribution in [2.75, 3.05) is 13.6 Å². The maximum Gasteiger partial charge on any atom is 0.225 e. The summed E-state index contributed by atoms with van der Waals surface area (Å²) in [6, 6.07) is 0.260. The summed E-state index contributed by atoms with van der Waals surface area (Å²) in [6.45, 7) is 0.963. The van der Waals surface area contributed by atoms with E-state index in [1.54, 1.807) is 0 Å². The van der Waals surface area contributed by atoms with Crippen molar-refractivity contribution in [2.24, 2.45) is 17.6 Å². The normalized spacial score (nSPS) is 29.4. The molecule has 0 radical (unpaired) electrons. The molecular weight excluding hydrogens is 224 g/mol. The topological polar surface area (TPSA) is 46.3 Å². The van der Waals surface area contributed by atoms with Gasteiger partial charge in [0, 0.05) is 25.6 Å². The highest BCUT2D eigenvalue weighted by atomic mass is 35.5. The number of hydrogen-bond acceptors (Lipinski definition) is 2. The molecule has 2 aliphatic rings. The zero-order valence-corrected chi connectivity index (χ0v) is 10.8. The van der Waals surface area contributed by atoms with Gasteiger partial charge in [0.05, 0.1) is 0 Å². The zero-order valence-electron chi connectivity index (χ0n) is 10.0. The monoisotopic (exact) mass is 246 g/mol. The number of halogens is 1. The van der Waals surface area contributed by atoms with Gasteiger partial charge in [0.1, 0.15) is 0 Å². The largest absolute Gasteiger partial charge is 0.345 e. The molecule has 2 aliphatic carbocycles. The Morgan fingerprint density at radius 3 is 2.44 bits per heavy atom. The average Bonchev–Trinajstić information content (AvgIpc) is 2.56. The Hall–Kier alpha value is -0.280. The second-order valence-electron chi connectivity index (χ2n) is 5.29. The lowest BCUT2D eigenvalue weighted by atomic mass is 9.85. The molecule has 0 aliphatic heterocycles. The van der Waals surface area contributed by atoms with Gasteiger partial charge in [-0.15, -0.1) is 12.4 Å². The first-order valence-electron chi connectivity index (χ1n) is 6.17. The highest BCUT2D eigenvalue weighted by Gasteiger charge is 2.31. The van der Waals surface area contributed by atoms with E-state index in [2.05, 4.69) is 0 Å². The maximum absolute atomic E-state index is 12.0. The van der Waals surface area contributed by atoms with E-state index in [0.717, 1.165) is 31.7 Å². The van der Waals surface area contributed by atoms with Crippen LogP contribution in [0.3, 0.4) is 0 Å². The SMILES string of the molecule is CN(CC1CCC1)C(=O)C1CCC(N)C1.Cl. The van der Waals surface area contributed by atoms with Gasteiger partial charge in [-0.05, 0) is 38.0 Å². The van der Waals surface area contributed by atoms with E-state index in [0.29, 0.717) is 5.91 Å². The van der Waals surface area contributed by atoms with E-state index in [1.165, 1.54) is 19.3 Å². The molecule has 2 saturated carbocycles. The molecule has 0 heterocycles. The van der Waals surface area contributed by atoms with Crippen molar-refractivity contribution < 1.29 is 4.79 Å². The molecule has 1 amide bonds. The van der Waals surface area contributed by atoms with E-state index >= 15 is 0 Å². The Morgan fingerprint density at radius 2 is 2.00 bits per heavy atom. The number of amides is 1. The average molecular weight is 247 g/mol. The molecule has 0 aromatic heterocycles. The van der Waals surface area contributed by atoms with Crippen LogP contribution in [-0.4, -0.2) is 30.4 Å². The predicted molar refractivity (Wildman–Crippen MR) is 67.5 cm³/mol. The van der Waals surface area contributed by atoms with Crippen molar-refractivity contribution >= 4 is 18.3 Å². The number of hydrogen-bond donors (Lipinski definition) is 1. The van der Waals surface area contributed by atoms with Gasteiger partial charge in [0.15, 0.2) is 0 Å². The van der Waals surface area contributed by atoms with Crippen LogP contribution in [0.2, 0.25) is 0 Å². The van der Waals surface area contributed by atoms with Crippen LogP contribution in [0.25, 0.3) is 0 Å². The third-order valence-corrected chi connectivity index (χ3v) is 3.96. The lowest BCUT2D eigenvalue weighted by Gasteiger charge is -2.31. The highest BCUT2D eigenvalue weighted by molar-refractivity contribution is 5.85. The van der Waals surface area contributed by atoms with Crippen molar-refractivity contribution in [3.8, 4) is 0 Å². The molecule has 2 N–H and O–H groups in total. The van der Waals surface area contributed by atoms with E-state index in [4.69, 9.17) is 5.73 Å². The summed E-state index contributed by atoms with van der Waals surface area (Å²) in [5.41, 5.74) is 5.83. The van der Waals surface area contributed by atoms with Crippen LogP contribution in [0, 0.1) is 11.8 Å². The van der Waals surface area contributed by atoms with Crippen LogP contribution in [0.15, 0.2) is 0 Å². The van der Waals surface area contributed by atoms with Crippen molar-refractivity contribution in [1.29, 1.82) is 0 Å². The number of carbonyl (C=O) groups excluding carboxylic acids is 1. The first-order valence-corrected chi connectivity index (χ1v) is 6.17. The minimum atomic E-state index is 0. The van der Waals surface area contributed by atoms with Gasteiger partial charge in [0.25, 0.3) is 0 Å². The van der Waals surface area contributed by atoms with Gasteiger partial charge in [-0.25, -0.2) is 0 Å². The highest BCUT2D eigenvalue weighted by Crippen LogP contribution is 2.29.